The third-order valence-corrected chi connectivity index (χ3v) is 10.5. The first-order valence-electron chi connectivity index (χ1n) is 20.2. The van der Waals surface area contributed by atoms with Crippen LogP contribution in [-0.2, 0) is 23.0 Å². The molecule has 0 amide bonds. The van der Waals surface area contributed by atoms with Gasteiger partial charge in [0.15, 0.2) is 0 Å². The molecule has 9 rings (SSSR count). The van der Waals surface area contributed by atoms with Crippen molar-refractivity contribution in [2.24, 2.45) is 0 Å². The molecule has 1 aliphatic rings. The number of benzene rings is 6. The molecule has 0 saturated carbocycles. The van der Waals surface area contributed by atoms with E-state index in [2.05, 4.69) is 117 Å². The number of nitrogens with zero attached hydrogens (tertiary/aromatic N) is 2. The SMILES string of the molecule is CB1OB(C)OB(C)O1.Cc1cc(-c2cc(C)c3c(C)cccc3n2)c2ccccc2c1.Cc1cc(-c2cc(Cl)c3c(Cl)cccc3n2)c2ccccc2c1.O=[P+]([O-])O[O-].[K+].[K][K]. The van der Waals surface area contributed by atoms with Gasteiger partial charge >= 0.3 is 144 Å². The van der Waals surface area contributed by atoms with Crippen molar-refractivity contribution in [3.63, 3.8) is 0 Å². The molecular formula is C45H41B3Cl2K3N2O7P. The minimum atomic E-state index is -3.15. The summed E-state index contributed by atoms with van der Waals surface area (Å²) in [5, 5.41) is 16.8. The van der Waals surface area contributed by atoms with Gasteiger partial charge in [-0.25, -0.2) is 14.6 Å². The summed E-state index contributed by atoms with van der Waals surface area (Å²) in [5.41, 5.74) is 11.1. The molecule has 1 atom stereocenters. The topological polar surface area (TPSA) is 126 Å². The van der Waals surface area contributed by atoms with E-state index in [1.165, 1.54) is 118 Å². The Morgan fingerprint density at radius 1 is 0.587 bits per heavy atom. The molecule has 0 spiro atoms. The Morgan fingerprint density at radius 3 is 1.49 bits per heavy atom. The van der Waals surface area contributed by atoms with Gasteiger partial charge in [0.25, 0.3) is 0 Å². The van der Waals surface area contributed by atoms with Crippen molar-refractivity contribution in [1.82, 2.24) is 9.97 Å². The average Bonchev–Trinajstić information content (AvgIpc) is 3.23. The van der Waals surface area contributed by atoms with Crippen LogP contribution < -0.4 is 61.5 Å². The van der Waals surface area contributed by atoms with Crippen molar-refractivity contribution >= 4 is 159 Å². The van der Waals surface area contributed by atoms with E-state index in [4.69, 9.17) is 61.6 Å². The standard InChI is InChI=1S/C22H19N.C20H13Cl2N.C3H9B3O3.3K.HO4P/c1-14-11-17-8-4-5-9-18(17)19(12-14)21-13-16(3)22-15(2)7-6-10-20(22)23-21;1-12-9-13-5-2-3-6-14(13)15(10-12)19-11-17(22)20-16(21)7-4-8-18(20)23-19;1-4-7-5(2)9-6(3)8-4;;;;1-4-5(2)3/h4-13H,1-3H3;2-11H,1H3;1-3H3;;;;1H/q;;;;;+1;/p-1. The van der Waals surface area contributed by atoms with Crippen molar-refractivity contribution in [3.8, 4) is 22.5 Å². The van der Waals surface area contributed by atoms with E-state index in [0.717, 1.165) is 33.4 Å². The van der Waals surface area contributed by atoms with Crippen LogP contribution in [0.3, 0.4) is 0 Å². The first-order chi connectivity index (χ1) is 29.7. The molecule has 9 nitrogen and oxygen atoms in total. The Morgan fingerprint density at radius 2 is 1.02 bits per heavy atom. The molecule has 0 N–H and O–H groups in total. The molecule has 304 valence electrons. The predicted molar refractivity (Wildman–Crippen MR) is 257 cm³/mol. The van der Waals surface area contributed by atoms with Crippen LogP contribution in [0.1, 0.15) is 22.3 Å². The molecule has 1 unspecified atom stereocenters. The molecule has 0 bridgehead atoms. The van der Waals surface area contributed by atoms with Crippen LogP contribution >= 0.6 is 31.5 Å². The molecule has 0 aliphatic carbocycles. The van der Waals surface area contributed by atoms with Gasteiger partial charge in [0, 0.05) is 21.9 Å². The third kappa shape index (κ3) is 15.6. The quantitative estimate of drug-likeness (QED) is 0.0763. The van der Waals surface area contributed by atoms with Crippen molar-refractivity contribution < 1.29 is 84.5 Å². The summed E-state index contributed by atoms with van der Waals surface area (Å²) < 4.78 is 26.7. The summed E-state index contributed by atoms with van der Waals surface area (Å²) >= 11 is 15.2. The number of halogens is 2. The summed E-state index contributed by atoms with van der Waals surface area (Å²) in [6.45, 7) is 14.1. The van der Waals surface area contributed by atoms with E-state index in [9.17, 15) is 0 Å². The van der Waals surface area contributed by atoms with E-state index in [0.29, 0.717) is 10.0 Å². The monoisotopic (exact) mass is 972 g/mol. The van der Waals surface area contributed by atoms with E-state index < -0.39 is 8.25 Å². The van der Waals surface area contributed by atoms with E-state index in [1.807, 2.05) is 56.9 Å². The van der Waals surface area contributed by atoms with Crippen LogP contribution in [0, 0.1) is 27.7 Å². The molecule has 6 aromatic carbocycles. The van der Waals surface area contributed by atoms with Gasteiger partial charge in [0.05, 0.1) is 32.5 Å². The summed E-state index contributed by atoms with van der Waals surface area (Å²) in [4.78, 5) is 18.6. The number of aromatic nitrogens is 2. The first kappa shape index (κ1) is 55.8. The molecule has 63 heavy (non-hydrogen) atoms. The van der Waals surface area contributed by atoms with Gasteiger partial charge in [-0.15, -0.1) is 0 Å². The molecule has 8 aromatic rings. The number of hydrogen-bond donors (Lipinski definition) is 0. The Labute approximate surface area is 469 Å². The molecular weight excluding hydrogens is 932 g/mol. The van der Waals surface area contributed by atoms with Gasteiger partial charge < -0.3 is 23.9 Å². The zero-order chi connectivity index (χ0) is 45.1. The molecule has 1 aliphatic heterocycles. The number of pyridine rings is 2. The van der Waals surface area contributed by atoms with Crippen molar-refractivity contribution in [2.75, 3.05) is 0 Å². The van der Waals surface area contributed by atoms with E-state index in [-0.39, 0.29) is 72.7 Å². The fourth-order valence-electron chi connectivity index (χ4n) is 7.42. The fraction of sp³-hybridized carbons (Fsp3) is 0.156. The van der Waals surface area contributed by atoms with Crippen LogP contribution in [0.4, 0.5) is 0 Å². The fourth-order valence-corrected chi connectivity index (χ4v) is 8.04. The maximum atomic E-state index is 8.87. The van der Waals surface area contributed by atoms with Gasteiger partial charge in [-0.05, 0) is 139 Å². The number of aryl methyl sites for hydroxylation is 4. The van der Waals surface area contributed by atoms with Crippen LogP contribution in [-0.4, -0.2) is 94.5 Å². The van der Waals surface area contributed by atoms with E-state index in [1.54, 1.807) is 0 Å². The Kier molecular flexibility index (Phi) is 24.3. The van der Waals surface area contributed by atoms with Gasteiger partial charge in [-0.3, -0.25) is 0 Å². The third-order valence-electron chi connectivity index (χ3n) is 9.75. The molecule has 1 fully saturated rings. The van der Waals surface area contributed by atoms with Crippen LogP contribution in [0.15, 0.2) is 121 Å². The molecule has 18 heteroatoms. The molecule has 2 aromatic heterocycles. The maximum absolute atomic E-state index is 8.87. The van der Waals surface area contributed by atoms with Gasteiger partial charge in [-0.1, -0.05) is 102 Å². The van der Waals surface area contributed by atoms with Gasteiger partial charge in [-0.2, -0.15) is 0 Å². The number of fused-ring (bicyclic) bond motifs is 4. The zero-order valence-corrected chi connectivity index (χ0v) is 49.0. The first-order valence-corrected chi connectivity index (χ1v) is 38.1. The summed E-state index contributed by atoms with van der Waals surface area (Å²) in [5.74, 6) is 0. The Hall–Kier alpha value is 0.204. The van der Waals surface area contributed by atoms with Crippen LogP contribution in [0.5, 0.6) is 0 Å². The second kappa shape index (κ2) is 27.4. The van der Waals surface area contributed by atoms with Crippen LogP contribution in [0.2, 0.25) is 30.5 Å². The predicted octanol–water partition coefficient (Wildman–Crippen LogP) is 7.59. The Bertz CT molecular complexity index is 2660. The number of hydrogen-bond acceptors (Lipinski definition) is 9. The van der Waals surface area contributed by atoms with Crippen molar-refractivity contribution in [2.45, 2.75) is 48.2 Å². The van der Waals surface area contributed by atoms with Crippen molar-refractivity contribution in [3.05, 3.63) is 154 Å². The zero-order valence-electron chi connectivity index (χ0n) is 37.2. The minimum absolute atomic E-state index is 0. The average molecular weight is 973 g/mol. The number of rotatable bonds is 3. The normalized spacial score (nSPS) is 12.2. The van der Waals surface area contributed by atoms with Crippen LogP contribution in [0.25, 0.3) is 65.9 Å². The summed E-state index contributed by atoms with van der Waals surface area (Å²) in [6.07, 6.45) is 0. The second-order valence-electron chi connectivity index (χ2n) is 14.4. The van der Waals surface area contributed by atoms with Gasteiger partial charge in [0.2, 0.25) is 0 Å². The molecule has 0 radical (unpaired) electrons. The summed E-state index contributed by atoms with van der Waals surface area (Å²) in [7, 11) is -3.56. The molecule has 3 heterocycles. The van der Waals surface area contributed by atoms with E-state index >= 15 is 0 Å². The molecule has 1 saturated heterocycles. The second-order valence-corrected chi connectivity index (χ2v) is 15.8. The van der Waals surface area contributed by atoms with Gasteiger partial charge in [0.1, 0.15) is 0 Å². The summed E-state index contributed by atoms with van der Waals surface area (Å²) in [6, 6.07) is 41.8. The van der Waals surface area contributed by atoms with Crippen molar-refractivity contribution in [1.29, 1.82) is 0 Å². The Balaban J connectivity index is 0.000000205.